The number of aromatic nitrogens is 2. The molecule has 1 aromatic heterocycles. The zero-order chi connectivity index (χ0) is 16.4. The first-order chi connectivity index (χ1) is 11.8. The number of benzene rings is 3. The van der Waals surface area contributed by atoms with Crippen LogP contribution >= 0.6 is 0 Å². The standard InChI is InChI=1S/C21H16N2O/c1-15-8-7-11-17(14-15)20-22-23-21(24-20)19-13-6-5-12-18(19)16-9-3-2-4-10-16/h2-14H,1H3. The summed E-state index contributed by atoms with van der Waals surface area (Å²) in [4.78, 5) is 0. The van der Waals surface area contributed by atoms with Gasteiger partial charge in [0.2, 0.25) is 11.8 Å². The van der Waals surface area contributed by atoms with Gasteiger partial charge in [0.05, 0.1) is 0 Å². The van der Waals surface area contributed by atoms with E-state index in [4.69, 9.17) is 4.42 Å². The largest absolute Gasteiger partial charge is 0.416 e. The van der Waals surface area contributed by atoms with Gasteiger partial charge in [0.15, 0.2) is 0 Å². The van der Waals surface area contributed by atoms with Gasteiger partial charge < -0.3 is 4.42 Å². The molecule has 0 saturated heterocycles. The molecule has 3 heteroatoms. The summed E-state index contributed by atoms with van der Waals surface area (Å²) in [6, 6.07) is 26.4. The Morgan fingerprint density at radius 3 is 2.08 bits per heavy atom. The van der Waals surface area contributed by atoms with Crippen molar-refractivity contribution >= 4 is 0 Å². The predicted molar refractivity (Wildman–Crippen MR) is 95.3 cm³/mol. The van der Waals surface area contributed by atoms with Crippen molar-refractivity contribution in [1.29, 1.82) is 0 Å². The minimum absolute atomic E-state index is 0.533. The van der Waals surface area contributed by atoms with Gasteiger partial charge in [-0.1, -0.05) is 66.2 Å². The molecule has 3 nitrogen and oxygen atoms in total. The zero-order valence-corrected chi connectivity index (χ0v) is 13.3. The lowest BCUT2D eigenvalue weighted by molar-refractivity contribution is 0.584. The van der Waals surface area contributed by atoms with Crippen molar-refractivity contribution in [2.75, 3.05) is 0 Å². The lowest BCUT2D eigenvalue weighted by Crippen LogP contribution is -1.84. The van der Waals surface area contributed by atoms with Gasteiger partial charge in [-0.25, -0.2) is 0 Å². The second kappa shape index (κ2) is 6.13. The van der Waals surface area contributed by atoms with Crippen molar-refractivity contribution in [1.82, 2.24) is 10.2 Å². The molecular weight excluding hydrogens is 296 g/mol. The Labute approximate surface area is 140 Å². The number of aryl methyl sites for hydroxylation is 1. The second-order valence-corrected chi connectivity index (χ2v) is 5.69. The summed E-state index contributed by atoms with van der Waals surface area (Å²) in [5.41, 5.74) is 5.25. The molecule has 4 rings (SSSR count). The van der Waals surface area contributed by atoms with E-state index in [1.807, 2.05) is 67.6 Å². The minimum atomic E-state index is 0.533. The Kier molecular flexibility index (Phi) is 3.67. The molecule has 0 spiro atoms. The van der Waals surface area contributed by atoms with Crippen LogP contribution in [0.5, 0.6) is 0 Å². The van der Waals surface area contributed by atoms with Crippen molar-refractivity contribution in [3.8, 4) is 34.0 Å². The van der Waals surface area contributed by atoms with Gasteiger partial charge in [0.1, 0.15) is 0 Å². The van der Waals surface area contributed by atoms with E-state index in [0.717, 1.165) is 27.8 Å². The highest BCUT2D eigenvalue weighted by molar-refractivity contribution is 5.80. The van der Waals surface area contributed by atoms with Gasteiger partial charge in [-0.15, -0.1) is 10.2 Å². The maximum absolute atomic E-state index is 5.95. The van der Waals surface area contributed by atoms with E-state index in [-0.39, 0.29) is 0 Å². The molecule has 0 atom stereocenters. The van der Waals surface area contributed by atoms with E-state index in [0.29, 0.717) is 11.8 Å². The van der Waals surface area contributed by atoms with Crippen molar-refractivity contribution in [2.24, 2.45) is 0 Å². The molecule has 0 radical (unpaired) electrons. The molecule has 0 aliphatic carbocycles. The summed E-state index contributed by atoms with van der Waals surface area (Å²) in [5.74, 6) is 1.07. The summed E-state index contributed by atoms with van der Waals surface area (Å²) in [6.45, 7) is 2.05. The Bertz CT molecular complexity index is 974. The fourth-order valence-corrected chi connectivity index (χ4v) is 2.77. The molecule has 4 aromatic rings. The lowest BCUT2D eigenvalue weighted by Gasteiger charge is -2.06. The first-order valence-electron chi connectivity index (χ1n) is 7.86. The number of rotatable bonds is 3. The van der Waals surface area contributed by atoms with Crippen LogP contribution in [-0.4, -0.2) is 10.2 Å². The van der Waals surface area contributed by atoms with Crippen LogP contribution in [0.2, 0.25) is 0 Å². The molecule has 0 unspecified atom stereocenters. The predicted octanol–water partition coefficient (Wildman–Crippen LogP) is 5.38. The highest BCUT2D eigenvalue weighted by atomic mass is 16.4. The van der Waals surface area contributed by atoms with E-state index in [9.17, 15) is 0 Å². The van der Waals surface area contributed by atoms with Crippen LogP contribution in [0.15, 0.2) is 83.3 Å². The topological polar surface area (TPSA) is 38.9 Å². The SMILES string of the molecule is Cc1cccc(-c2nnc(-c3ccccc3-c3ccccc3)o2)c1. The van der Waals surface area contributed by atoms with Gasteiger partial charge in [-0.05, 0) is 36.2 Å². The Hall–Kier alpha value is -3.20. The Balaban J connectivity index is 1.79. The van der Waals surface area contributed by atoms with E-state index in [1.54, 1.807) is 0 Å². The quantitative estimate of drug-likeness (QED) is 0.510. The molecule has 3 aromatic carbocycles. The number of hydrogen-bond donors (Lipinski definition) is 0. The van der Waals surface area contributed by atoms with E-state index in [2.05, 4.69) is 28.4 Å². The molecule has 0 saturated carbocycles. The van der Waals surface area contributed by atoms with Gasteiger partial charge >= 0.3 is 0 Å². The molecule has 1 heterocycles. The summed E-state index contributed by atoms with van der Waals surface area (Å²) in [5, 5.41) is 8.48. The summed E-state index contributed by atoms with van der Waals surface area (Å²) in [6.07, 6.45) is 0. The molecule has 0 N–H and O–H groups in total. The Morgan fingerprint density at radius 2 is 1.29 bits per heavy atom. The van der Waals surface area contributed by atoms with Crippen LogP contribution in [0.4, 0.5) is 0 Å². The maximum Gasteiger partial charge on any atom is 0.248 e. The summed E-state index contributed by atoms with van der Waals surface area (Å²) >= 11 is 0. The fraction of sp³-hybridized carbons (Fsp3) is 0.0476. The van der Waals surface area contributed by atoms with Crippen LogP contribution in [0, 0.1) is 6.92 Å². The first-order valence-corrected chi connectivity index (χ1v) is 7.86. The zero-order valence-electron chi connectivity index (χ0n) is 13.3. The average molecular weight is 312 g/mol. The van der Waals surface area contributed by atoms with Crippen molar-refractivity contribution in [2.45, 2.75) is 6.92 Å². The highest BCUT2D eigenvalue weighted by Gasteiger charge is 2.14. The van der Waals surface area contributed by atoms with Gasteiger partial charge in [0.25, 0.3) is 0 Å². The van der Waals surface area contributed by atoms with Gasteiger partial charge in [-0.2, -0.15) is 0 Å². The summed E-state index contributed by atoms with van der Waals surface area (Å²) in [7, 11) is 0. The highest BCUT2D eigenvalue weighted by Crippen LogP contribution is 2.32. The van der Waals surface area contributed by atoms with Crippen molar-refractivity contribution < 1.29 is 4.42 Å². The van der Waals surface area contributed by atoms with Crippen molar-refractivity contribution in [3.63, 3.8) is 0 Å². The molecule has 0 amide bonds. The second-order valence-electron chi connectivity index (χ2n) is 5.69. The Morgan fingerprint density at radius 1 is 0.625 bits per heavy atom. The maximum atomic E-state index is 5.95. The van der Waals surface area contributed by atoms with Crippen LogP contribution < -0.4 is 0 Å². The third kappa shape index (κ3) is 2.72. The summed E-state index contributed by atoms with van der Waals surface area (Å²) < 4.78 is 5.95. The van der Waals surface area contributed by atoms with Crippen LogP contribution in [0.25, 0.3) is 34.0 Å². The normalized spacial score (nSPS) is 10.7. The third-order valence-corrected chi connectivity index (χ3v) is 3.93. The first kappa shape index (κ1) is 14.4. The third-order valence-electron chi connectivity index (χ3n) is 3.93. The monoisotopic (exact) mass is 312 g/mol. The van der Waals surface area contributed by atoms with E-state index >= 15 is 0 Å². The molecule has 0 fully saturated rings. The molecule has 0 aliphatic heterocycles. The minimum Gasteiger partial charge on any atom is -0.416 e. The molecular formula is C21H16N2O. The lowest BCUT2D eigenvalue weighted by atomic mass is 10.00. The molecule has 24 heavy (non-hydrogen) atoms. The van der Waals surface area contributed by atoms with Crippen LogP contribution in [-0.2, 0) is 0 Å². The molecule has 0 aliphatic rings. The van der Waals surface area contributed by atoms with Gasteiger partial charge in [-0.3, -0.25) is 0 Å². The van der Waals surface area contributed by atoms with Crippen LogP contribution in [0.1, 0.15) is 5.56 Å². The van der Waals surface area contributed by atoms with Gasteiger partial charge in [0, 0.05) is 11.1 Å². The van der Waals surface area contributed by atoms with Crippen LogP contribution in [0.3, 0.4) is 0 Å². The van der Waals surface area contributed by atoms with E-state index in [1.165, 1.54) is 0 Å². The fourth-order valence-electron chi connectivity index (χ4n) is 2.77. The average Bonchev–Trinajstić information content (AvgIpc) is 3.12. The molecule has 116 valence electrons. The molecule has 0 bridgehead atoms. The van der Waals surface area contributed by atoms with Crippen molar-refractivity contribution in [3.05, 3.63) is 84.4 Å². The van der Waals surface area contributed by atoms with E-state index < -0.39 is 0 Å². The number of hydrogen-bond acceptors (Lipinski definition) is 3. The number of nitrogens with zero attached hydrogens (tertiary/aromatic N) is 2. The smallest absolute Gasteiger partial charge is 0.248 e.